The van der Waals surface area contributed by atoms with Crippen molar-refractivity contribution in [3.8, 4) is 0 Å². The molecule has 0 unspecified atom stereocenters. The molecular formula is C12H19N2O4. The van der Waals surface area contributed by atoms with Gasteiger partial charge in [0.05, 0.1) is 12.5 Å². The monoisotopic (exact) mass is 255 g/mol. The molecule has 1 rings (SSSR count). The molecule has 1 aliphatic rings. The number of nitrogens with one attached hydrogen (secondary N) is 1. The van der Waals surface area contributed by atoms with Crippen molar-refractivity contribution in [2.45, 2.75) is 39.3 Å². The van der Waals surface area contributed by atoms with Crippen LogP contribution in [0.3, 0.4) is 0 Å². The van der Waals surface area contributed by atoms with Crippen LogP contribution in [0.5, 0.6) is 0 Å². The fraction of sp³-hybridized carbons (Fsp3) is 0.667. The van der Waals surface area contributed by atoms with Gasteiger partial charge in [-0.15, -0.1) is 0 Å². The summed E-state index contributed by atoms with van der Waals surface area (Å²) >= 11 is 0. The molecule has 0 aliphatic carbocycles. The maximum Gasteiger partial charge on any atom is 0.224 e. The summed E-state index contributed by atoms with van der Waals surface area (Å²) in [6, 6.07) is -0.606. The molecule has 2 atom stereocenters. The van der Waals surface area contributed by atoms with Gasteiger partial charge in [0, 0.05) is 5.41 Å². The van der Waals surface area contributed by atoms with E-state index in [1.54, 1.807) is 20.8 Å². The second kappa shape index (κ2) is 5.48. The smallest absolute Gasteiger partial charge is 0.224 e. The summed E-state index contributed by atoms with van der Waals surface area (Å²) in [6.07, 6.45) is 1.24. The summed E-state index contributed by atoms with van der Waals surface area (Å²) in [5.74, 6) is -1.00. The third kappa shape index (κ3) is 3.53. The lowest BCUT2D eigenvalue weighted by molar-refractivity contribution is -0.127. The fourth-order valence-electron chi connectivity index (χ4n) is 1.52. The molecular weight excluding hydrogens is 236 g/mol. The highest BCUT2D eigenvalue weighted by Crippen LogP contribution is 2.21. The van der Waals surface area contributed by atoms with Gasteiger partial charge in [0.25, 0.3) is 0 Å². The lowest BCUT2D eigenvalue weighted by Crippen LogP contribution is -2.44. The van der Waals surface area contributed by atoms with E-state index in [0.29, 0.717) is 0 Å². The number of primary amides is 1. The Bertz CT molecular complexity index is 365. The molecule has 0 aromatic rings. The van der Waals surface area contributed by atoms with E-state index in [2.05, 4.69) is 5.32 Å². The van der Waals surface area contributed by atoms with Gasteiger partial charge < -0.3 is 15.8 Å². The largest absolute Gasteiger partial charge is 0.369 e. The lowest BCUT2D eigenvalue weighted by atomic mass is 9.87. The number of ether oxygens (including phenoxy) is 1. The normalized spacial score (nSPS) is 24.1. The van der Waals surface area contributed by atoms with Crippen molar-refractivity contribution >= 4 is 17.6 Å². The van der Waals surface area contributed by atoms with Gasteiger partial charge in [0.1, 0.15) is 12.6 Å². The Labute approximate surface area is 106 Å². The standard InChI is InChI=1S/C12H19N2O4/c1-7-10(8(15)6-18-7)14-9(16)4-5-12(2,3)11(13)17/h4,7,10H,5-6H2,1-3H3,(H2,13,17)(H,14,16)/t7-,10-/m0/s1. The number of hydrogen-bond donors (Lipinski definition) is 2. The van der Waals surface area contributed by atoms with Crippen molar-refractivity contribution < 1.29 is 19.1 Å². The first-order valence-electron chi connectivity index (χ1n) is 5.82. The van der Waals surface area contributed by atoms with Crippen LogP contribution in [0.25, 0.3) is 0 Å². The minimum absolute atomic E-state index is 0.0267. The number of carbonyl (C=O) groups excluding carboxylic acids is 3. The predicted octanol–water partition coefficient (Wildman–Crippen LogP) is -0.435. The van der Waals surface area contributed by atoms with Crippen LogP contribution in [0.1, 0.15) is 27.2 Å². The molecule has 3 N–H and O–H groups in total. The second-order valence-electron chi connectivity index (χ2n) is 5.13. The molecule has 0 bridgehead atoms. The number of rotatable bonds is 5. The zero-order valence-corrected chi connectivity index (χ0v) is 10.9. The van der Waals surface area contributed by atoms with Crippen LogP contribution in [-0.2, 0) is 19.1 Å². The number of carbonyl (C=O) groups is 3. The summed E-state index contributed by atoms with van der Waals surface area (Å²) in [7, 11) is 0. The summed E-state index contributed by atoms with van der Waals surface area (Å²) in [6.45, 7) is 5.07. The van der Waals surface area contributed by atoms with E-state index in [0.717, 1.165) is 0 Å². The Morgan fingerprint density at radius 2 is 2.17 bits per heavy atom. The lowest BCUT2D eigenvalue weighted by Gasteiger charge is -2.20. The molecule has 1 fully saturated rings. The topological polar surface area (TPSA) is 98.5 Å². The first-order chi connectivity index (χ1) is 8.24. The first-order valence-corrected chi connectivity index (χ1v) is 5.82. The van der Waals surface area contributed by atoms with E-state index in [1.807, 2.05) is 0 Å². The second-order valence-corrected chi connectivity index (χ2v) is 5.13. The average molecular weight is 255 g/mol. The molecule has 101 valence electrons. The van der Waals surface area contributed by atoms with Gasteiger partial charge in [-0.05, 0) is 13.3 Å². The molecule has 0 saturated carbocycles. The Kier molecular flexibility index (Phi) is 4.45. The van der Waals surface area contributed by atoms with E-state index in [1.165, 1.54) is 6.42 Å². The predicted molar refractivity (Wildman–Crippen MR) is 64.2 cm³/mol. The van der Waals surface area contributed by atoms with Crippen molar-refractivity contribution in [1.29, 1.82) is 0 Å². The minimum atomic E-state index is -0.779. The summed E-state index contributed by atoms with van der Waals surface area (Å²) < 4.78 is 5.11. The summed E-state index contributed by atoms with van der Waals surface area (Å²) in [5.41, 5.74) is 4.42. The molecule has 0 aromatic carbocycles. The van der Waals surface area contributed by atoms with Crippen LogP contribution < -0.4 is 11.1 Å². The maximum atomic E-state index is 11.6. The molecule has 0 spiro atoms. The van der Waals surface area contributed by atoms with Gasteiger partial charge in [-0.3, -0.25) is 14.4 Å². The molecule has 6 heteroatoms. The highest BCUT2D eigenvalue weighted by molar-refractivity contribution is 5.94. The van der Waals surface area contributed by atoms with Gasteiger partial charge in [-0.1, -0.05) is 13.8 Å². The van der Waals surface area contributed by atoms with Gasteiger partial charge >= 0.3 is 0 Å². The van der Waals surface area contributed by atoms with Crippen LogP contribution in [0.4, 0.5) is 0 Å². The van der Waals surface area contributed by atoms with Crippen LogP contribution in [-0.4, -0.2) is 36.4 Å². The maximum absolute atomic E-state index is 11.6. The van der Waals surface area contributed by atoms with Gasteiger partial charge in [-0.2, -0.15) is 0 Å². The van der Waals surface area contributed by atoms with Crippen molar-refractivity contribution in [2.24, 2.45) is 11.1 Å². The van der Waals surface area contributed by atoms with Gasteiger partial charge in [0.15, 0.2) is 5.78 Å². The molecule has 1 heterocycles. The van der Waals surface area contributed by atoms with Crippen molar-refractivity contribution in [1.82, 2.24) is 5.32 Å². The number of hydrogen-bond acceptors (Lipinski definition) is 4. The van der Waals surface area contributed by atoms with Crippen molar-refractivity contribution in [3.05, 3.63) is 6.42 Å². The number of nitrogens with two attached hydrogens (primary N) is 1. The highest BCUT2D eigenvalue weighted by Gasteiger charge is 2.34. The average Bonchev–Trinajstić information content (AvgIpc) is 2.58. The van der Waals surface area contributed by atoms with Crippen LogP contribution in [0.2, 0.25) is 0 Å². The number of Topliss-reactive ketones (excluding diaryl/α,β-unsaturated/α-hetero) is 1. The molecule has 1 radical (unpaired) electrons. The first kappa shape index (κ1) is 14.6. The molecule has 2 amide bonds. The SMILES string of the molecule is C[C@@H]1OCC(=O)[C@H]1NC(=O)[CH]CC(C)(C)C(N)=O. The molecule has 0 aromatic heterocycles. The van der Waals surface area contributed by atoms with Crippen molar-refractivity contribution in [2.75, 3.05) is 6.61 Å². The van der Waals surface area contributed by atoms with Crippen LogP contribution >= 0.6 is 0 Å². The Hall–Kier alpha value is -1.43. The van der Waals surface area contributed by atoms with E-state index in [-0.39, 0.29) is 30.8 Å². The fourth-order valence-corrected chi connectivity index (χ4v) is 1.52. The zero-order valence-electron chi connectivity index (χ0n) is 10.9. The third-order valence-corrected chi connectivity index (χ3v) is 3.07. The molecule has 6 nitrogen and oxygen atoms in total. The summed E-state index contributed by atoms with van der Waals surface area (Å²) in [4.78, 5) is 34.1. The van der Waals surface area contributed by atoms with Gasteiger partial charge in [0.2, 0.25) is 11.8 Å². The number of amides is 2. The Morgan fingerprint density at radius 3 is 2.61 bits per heavy atom. The number of ketones is 1. The summed E-state index contributed by atoms with van der Waals surface area (Å²) in [5, 5.41) is 2.57. The van der Waals surface area contributed by atoms with E-state index in [4.69, 9.17) is 10.5 Å². The molecule has 1 aliphatic heterocycles. The van der Waals surface area contributed by atoms with E-state index >= 15 is 0 Å². The van der Waals surface area contributed by atoms with E-state index in [9.17, 15) is 14.4 Å². The Morgan fingerprint density at radius 1 is 1.56 bits per heavy atom. The van der Waals surface area contributed by atoms with Crippen molar-refractivity contribution in [3.63, 3.8) is 0 Å². The third-order valence-electron chi connectivity index (χ3n) is 3.07. The van der Waals surface area contributed by atoms with Crippen LogP contribution in [0, 0.1) is 11.8 Å². The Balaban J connectivity index is 2.43. The zero-order chi connectivity index (χ0) is 13.9. The van der Waals surface area contributed by atoms with E-state index < -0.39 is 17.4 Å². The quantitative estimate of drug-likeness (QED) is 0.696. The minimum Gasteiger partial charge on any atom is -0.369 e. The van der Waals surface area contributed by atoms with Crippen LogP contribution in [0.15, 0.2) is 0 Å². The van der Waals surface area contributed by atoms with Gasteiger partial charge in [-0.25, -0.2) is 0 Å². The highest BCUT2D eigenvalue weighted by atomic mass is 16.5. The molecule has 1 saturated heterocycles. The molecule has 18 heavy (non-hydrogen) atoms.